The lowest BCUT2D eigenvalue weighted by molar-refractivity contribution is -0.194. The maximum Gasteiger partial charge on any atom is 0.471 e. The number of nitrogens with zero attached hydrogens (tertiary/aromatic N) is 3. The summed E-state index contributed by atoms with van der Waals surface area (Å²) in [6.07, 6.45) is -6.91. The van der Waals surface area contributed by atoms with Crippen molar-refractivity contribution >= 4 is 26.2 Å². The third-order valence-electron chi connectivity index (χ3n) is 8.08. The number of alkyl halides is 4. The van der Waals surface area contributed by atoms with Crippen molar-refractivity contribution in [2.75, 3.05) is 26.2 Å². The number of halogens is 4. The summed E-state index contributed by atoms with van der Waals surface area (Å²) >= 11 is 0. The number of piperazine rings is 1. The molecule has 218 valence electrons. The Labute approximate surface area is 223 Å². The first kappa shape index (κ1) is 30.6. The van der Waals surface area contributed by atoms with Gasteiger partial charge in [-0.15, -0.1) is 0 Å². The molecule has 0 radical (unpaired) electrons. The van der Waals surface area contributed by atoms with E-state index < -0.39 is 61.8 Å². The average molecular weight is 568 g/mol. The number of likely N-dealkylation sites (tertiary alicyclic amines) is 1. The van der Waals surface area contributed by atoms with Gasteiger partial charge in [0.05, 0.1) is 24.7 Å². The summed E-state index contributed by atoms with van der Waals surface area (Å²) in [5, 5.41) is -0.198. The second kappa shape index (κ2) is 9.94. The van der Waals surface area contributed by atoms with Crippen LogP contribution in [0.4, 0.5) is 22.4 Å². The molecule has 1 aliphatic carbocycles. The molecular weight excluding hydrogens is 526 g/mol. The minimum atomic E-state index is -5.05. The highest BCUT2D eigenvalue weighted by atomic mass is 28.4. The van der Waals surface area contributed by atoms with E-state index in [9.17, 15) is 31.9 Å². The van der Waals surface area contributed by atoms with Crippen molar-refractivity contribution in [3.05, 3.63) is 0 Å². The molecular formula is C25H41F4N3O5Si. The largest absolute Gasteiger partial charge is 0.471 e. The third kappa shape index (κ3) is 6.45. The van der Waals surface area contributed by atoms with Gasteiger partial charge in [0, 0.05) is 19.5 Å². The minimum absolute atomic E-state index is 0.0713. The first-order valence-corrected chi connectivity index (χ1v) is 16.0. The van der Waals surface area contributed by atoms with Crippen LogP contribution in [0.2, 0.25) is 18.1 Å². The van der Waals surface area contributed by atoms with Crippen LogP contribution in [0.5, 0.6) is 0 Å². The quantitative estimate of drug-likeness (QED) is 0.370. The Balaban J connectivity index is 1.91. The van der Waals surface area contributed by atoms with Gasteiger partial charge >= 0.3 is 18.2 Å². The predicted octanol–water partition coefficient (Wildman–Crippen LogP) is 4.49. The molecule has 1 spiro atoms. The number of hydrogen-bond acceptors (Lipinski definition) is 5. The first-order valence-electron chi connectivity index (χ1n) is 13.0. The molecule has 3 aliphatic rings. The molecule has 8 nitrogen and oxygen atoms in total. The zero-order valence-electron chi connectivity index (χ0n) is 23.6. The maximum atomic E-state index is 14.5. The number of carbonyl (C=O) groups excluding carboxylic acids is 3. The van der Waals surface area contributed by atoms with Crippen molar-refractivity contribution in [3.63, 3.8) is 0 Å². The Kier molecular flexibility index (Phi) is 8.01. The Bertz CT molecular complexity index is 943. The van der Waals surface area contributed by atoms with Crippen molar-refractivity contribution in [1.29, 1.82) is 0 Å². The second-order valence-corrected chi connectivity index (χ2v) is 18.1. The molecule has 0 bridgehead atoms. The van der Waals surface area contributed by atoms with Crippen molar-refractivity contribution in [3.8, 4) is 0 Å². The van der Waals surface area contributed by atoms with Crippen LogP contribution in [0, 0.1) is 0 Å². The molecule has 2 heterocycles. The van der Waals surface area contributed by atoms with Gasteiger partial charge in [-0.1, -0.05) is 20.8 Å². The van der Waals surface area contributed by atoms with Crippen LogP contribution in [0.15, 0.2) is 0 Å². The lowest BCUT2D eigenvalue weighted by atomic mass is 10.0. The van der Waals surface area contributed by atoms with Crippen LogP contribution >= 0.6 is 0 Å². The number of amides is 3. The van der Waals surface area contributed by atoms with E-state index in [2.05, 4.69) is 0 Å². The minimum Gasteiger partial charge on any atom is -0.444 e. The van der Waals surface area contributed by atoms with E-state index in [1.165, 1.54) is 4.90 Å². The molecule has 0 N–H and O–H groups in total. The van der Waals surface area contributed by atoms with Crippen LogP contribution in [0.25, 0.3) is 0 Å². The summed E-state index contributed by atoms with van der Waals surface area (Å²) in [6.45, 7) is 14.1. The summed E-state index contributed by atoms with van der Waals surface area (Å²) in [5.74, 6) is -2.50. The van der Waals surface area contributed by atoms with E-state index in [-0.39, 0.29) is 37.7 Å². The third-order valence-corrected chi connectivity index (χ3v) is 12.6. The topological polar surface area (TPSA) is 79.4 Å². The standard InChI is InChI=1S/C25H41F4N3O5Si/c1-22(2,3)37-21(35)30-12-16(26)11-18(30)19(33)31-15-24(9-10-24)32(20(34)25(27,28)29)13-17(31)14-36-38(7,8)23(4,5)6/h16-18H,9-15H2,1-8H3/t16-,17-,18+/m1/s1. The number of ether oxygens (including phenoxy) is 1. The van der Waals surface area contributed by atoms with Crippen molar-refractivity contribution < 1.29 is 41.1 Å². The lowest BCUT2D eigenvalue weighted by Gasteiger charge is -2.49. The summed E-state index contributed by atoms with van der Waals surface area (Å²) in [6, 6.07) is -2.04. The van der Waals surface area contributed by atoms with E-state index in [4.69, 9.17) is 9.16 Å². The SMILES string of the molecule is CC(C)(C)OC(=O)N1C[C@H](F)C[C@H]1C(=O)N1CC2(CC2)N(C(=O)C(F)(F)F)C[C@@H]1CO[Si](C)(C)C(C)(C)C. The highest BCUT2D eigenvalue weighted by Gasteiger charge is 2.61. The van der Waals surface area contributed by atoms with Gasteiger partial charge in [0.1, 0.15) is 17.8 Å². The van der Waals surface area contributed by atoms with Crippen LogP contribution in [0.3, 0.4) is 0 Å². The lowest BCUT2D eigenvalue weighted by Crippen LogP contribution is -2.67. The summed E-state index contributed by atoms with van der Waals surface area (Å²) in [5.41, 5.74) is -1.99. The Morgan fingerprint density at radius 1 is 0.974 bits per heavy atom. The second-order valence-electron chi connectivity index (χ2n) is 13.3. The molecule has 0 unspecified atom stereocenters. The van der Waals surface area contributed by atoms with Gasteiger partial charge < -0.3 is 19.0 Å². The zero-order valence-corrected chi connectivity index (χ0v) is 24.6. The Hall–Kier alpha value is -1.89. The molecule has 0 aromatic rings. The van der Waals surface area contributed by atoms with E-state index in [0.29, 0.717) is 12.8 Å². The van der Waals surface area contributed by atoms with Gasteiger partial charge in [-0.3, -0.25) is 14.5 Å². The van der Waals surface area contributed by atoms with Crippen molar-refractivity contribution in [2.24, 2.45) is 0 Å². The molecule has 3 fully saturated rings. The molecule has 2 saturated heterocycles. The smallest absolute Gasteiger partial charge is 0.444 e. The van der Waals surface area contributed by atoms with Gasteiger partial charge in [-0.05, 0) is 51.7 Å². The zero-order chi connectivity index (χ0) is 29.1. The fraction of sp³-hybridized carbons (Fsp3) is 0.880. The van der Waals surface area contributed by atoms with E-state index in [1.54, 1.807) is 20.8 Å². The summed E-state index contributed by atoms with van der Waals surface area (Å²) < 4.78 is 66.7. The normalized spacial score (nSPS) is 26.1. The molecule has 1 saturated carbocycles. The fourth-order valence-corrected chi connectivity index (χ4v) is 5.75. The van der Waals surface area contributed by atoms with Crippen molar-refractivity contribution in [2.45, 2.75) is 115 Å². The van der Waals surface area contributed by atoms with E-state index in [1.807, 2.05) is 33.9 Å². The molecule has 0 aromatic heterocycles. The molecule has 3 atom stereocenters. The van der Waals surface area contributed by atoms with Crippen LogP contribution < -0.4 is 0 Å². The monoisotopic (exact) mass is 567 g/mol. The van der Waals surface area contributed by atoms with Crippen LogP contribution in [-0.2, 0) is 18.8 Å². The fourth-order valence-electron chi connectivity index (χ4n) is 4.71. The van der Waals surface area contributed by atoms with Gasteiger partial charge in [0.2, 0.25) is 5.91 Å². The highest BCUT2D eigenvalue weighted by molar-refractivity contribution is 6.74. The van der Waals surface area contributed by atoms with Gasteiger partial charge in [0.25, 0.3) is 0 Å². The number of carbonyl (C=O) groups is 3. The Morgan fingerprint density at radius 3 is 2.03 bits per heavy atom. The molecule has 0 aromatic carbocycles. The van der Waals surface area contributed by atoms with E-state index >= 15 is 0 Å². The van der Waals surface area contributed by atoms with Gasteiger partial charge in [-0.25, -0.2) is 9.18 Å². The molecule has 13 heteroatoms. The van der Waals surface area contributed by atoms with Crippen LogP contribution in [-0.4, -0.2) is 103 Å². The molecule has 3 rings (SSSR count). The summed E-state index contributed by atoms with van der Waals surface area (Å²) in [7, 11) is -2.37. The van der Waals surface area contributed by atoms with Crippen LogP contribution in [0.1, 0.15) is 60.8 Å². The van der Waals surface area contributed by atoms with Crippen molar-refractivity contribution in [1.82, 2.24) is 14.7 Å². The number of rotatable bonds is 4. The highest BCUT2D eigenvalue weighted by Crippen LogP contribution is 2.47. The van der Waals surface area contributed by atoms with E-state index in [0.717, 1.165) is 9.80 Å². The number of hydrogen-bond donors (Lipinski definition) is 0. The molecule has 2 aliphatic heterocycles. The molecule has 3 amide bonds. The van der Waals surface area contributed by atoms with Gasteiger partial charge in [0.15, 0.2) is 8.32 Å². The molecule has 38 heavy (non-hydrogen) atoms. The maximum absolute atomic E-state index is 14.5. The summed E-state index contributed by atoms with van der Waals surface area (Å²) in [4.78, 5) is 42.4. The Morgan fingerprint density at radius 2 is 1.55 bits per heavy atom. The average Bonchev–Trinajstić information content (AvgIpc) is 3.39. The first-order chi connectivity index (χ1) is 17.1. The predicted molar refractivity (Wildman–Crippen MR) is 135 cm³/mol. The van der Waals surface area contributed by atoms with Gasteiger partial charge in [-0.2, -0.15) is 13.2 Å².